The largest absolute Gasteiger partial charge is 0.383 e. The number of hydrogen-bond donors (Lipinski definition) is 1. The molecule has 0 rings (SSSR count). The van der Waals surface area contributed by atoms with Crippen molar-refractivity contribution in [2.45, 2.75) is 27.7 Å². The molecule has 0 atom stereocenters. The number of hydrogen-bond acceptors (Lipinski definition) is 3. The average molecular weight is 216 g/mol. The van der Waals surface area contributed by atoms with Crippen LogP contribution in [0.15, 0.2) is 0 Å². The highest BCUT2D eigenvalue weighted by atomic mass is 16.5. The first-order valence-electron chi connectivity index (χ1n) is 5.82. The first-order chi connectivity index (χ1) is 6.91. The van der Waals surface area contributed by atoms with Gasteiger partial charge in [0.15, 0.2) is 0 Å². The summed E-state index contributed by atoms with van der Waals surface area (Å²) in [5.74, 6) is 0.690. The van der Waals surface area contributed by atoms with Gasteiger partial charge in [0.25, 0.3) is 0 Å². The molecular formula is C12H28N2O. The molecule has 0 amide bonds. The van der Waals surface area contributed by atoms with Gasteiger partial charge < -0.3 is 15.4 Å². The van der Waals surface area contributed by atoms with Crippen molar-refractivity contribution in [1.82, 2.24) is 4.90 Å². The average Bonchev–Trinajstić information content (AvgIpc) is 2.13. The lowest BCUT2D eigenvalue weighted by Gasteiger charge is -2.32. The van der Waals surface area contributed by atoms with Crippen molar-refractivity contribution in [2.75, 3.05) is 39.9 Å². The van der Waals surface area contributed by atoms with Crippen LogP contribution in [0.5, 0.6) is 0 Å². The van der Waals surface area contributed by atoms with E-state index in [9.17, 15) is 0 Å². The minimum Gasteiger partial charge on any atom is -0.383 e. The summed E-state index contributed by atoms with van der Waals surface area (Å²) in [5.41, 5.74) is 5.95. The van der Waals surface area contributed by atoms with Crippen LogP contribution in [0.25, 0.3) is 0 Å². The molecule has 0 heterocycles. The van der Waals surface area contributed by atoms with Gasteiger partial charge >= 0.3 is 0 Å². The summed E-state index contributed by atoms with van der Waals surface area (Å²) in [5, 5.41) is 0. The fourth-order valence-corrected chi connectivity index (χ4v) is 1.64. The smallest absolute Gasteiger partial charge is 0.0589 e. The number of rotatable bonds is 8. The van der Waals surface area contributed by atoms with Gasteiger partial charge in [0.1, 0.15) is 0 Å². The van der Waals surface area contributed by atoms with Crippen LogP contribution < -0.4 is 5.73 Å². The van der Waals surface area contributed by atoms with E-state index in [4.69, 9.17) is 10.5 Å². The maximum Gasteiger partial charge on any atom is 0.0589 e. The van der Waals surface area contributed by atoms with Gasteiger partial charge in [-0.25, -0.2) is 0 Å². The molecule has 0 aliphatic carbocycles. The number of ether oxygens (including phenoxy) is 1. The molecule has 0 bridgehead atoms. The molecule has 0 fully saturated rings. The van der Waals surface area contributed by atoms with Gasteiger partial charge in [-0.1, -0.05) is 27.7 Å². The molecule has 92 valence electrons. The summed E-state index contributed by atoms with van der Waals surface area (Å²) < 4.78 is 5.13. The van der Waals surface area contributed by atoms with Crippen molar-refractivity contribution in [3.8, 4) is 0 Å². The Morgan fingerprint density at radius 2 is 1.93 bits per heavy atom. The summed E-state index contributed by atoms with van der Waals surface area (Å²) in [6.45, 7) is 13.6. The van der Waals surface area contributed by atoms with Crippen molar-refractivity contribution in [2.24, 2.45) is 17.1 Å². The molecule has 0 spiro atoms. The Morgan fingerprint density at radius 1 is 1.33 bits per heavy atom. The summed E-state index contributed by atoms with van der Waals surface area (Å²) in [7, 11) is 1.75. The van der Waals surface area contributed by atoms with Crippen LogP contribution in [0.1, 0.15) is 27.7 Å². The van der Waals surface area contributed by atoms with E-state index in [-0.39, 0.29) is 5.41 Å². The fraction of sp³-hybridized carbons (Fsp3) is 1.00. The molecular weight excluding hydrogens is 188 g/mol. The summed E-state index contributed by atoms with van der Waals surface area (Å²) in [6, 6.07) is 0. The third kappa shape index (κ3) is 7.77. The monoisotopic (exact) mass is 216 g/mol. The van der Waals surface area contributed by atoms with Crippen LogP contribution in [0, 0.1) is 11.3 Å². The van der Waals surface area contributed by atoms with Gasteiger partial charge in [0, 0.05) is 26.7 Å². The molecule has 3 heteroatoms. The molecule has 0 aromatic rings. The minimum atomic E-state index is 0.197. The van der Waals surface area contributed by atoms with E-state index < -0.39 is 0 Å². The lowest BCUT2D eigenvalue weighted by Crippen LogP contribution is -2.41. The molecule has 15 heavy (non-hydrogen) atoms. The van der Waals surface area contributed by atoms with Crippen LogP contribution >= 0.6 is 0 Å². The highest BCUT2D eigenvalue weighted by Gasteiger charge is 2.20. The first kappa shape index (κ1) is 14.9. The van der Waals surface area contributed by atoms with E-state index in [2.05, 4.69) is 32.6 Å². The van der Waals surface area contributed by atoms with Crippen molar-refractivity contribution < 1.29 is 4.74 Å². The van der Waals surface area contributed by atoms with Crippen LogP contribution in [-0.4, -0.2) is 44.8 Å². The summed E-state index contributed by atoms with van der Waals surface area (Å²) in [6.07, 6.45) is 0. The van der Waals surface area contributed by atoms with Crippen molar-refractivity contribution in [3.63, 3.8) is 0 Å². The highest BCUT2D eigenvalue weighted by Crippen LogP contribution is 2.15. The topological polar surface area (TPSA) is 38.5 Å². The molecule has 0 aromatic carbocycles. The lowest BCUT2D eigenvalue weighted by molar-refractivity contribution is 0.111. The third-order valence-corrected chi connectivity index (χ3v) is 2.44. The number of methoxy groups -OCH3 is 1. The molecule has 0 unspecified atom stereocenters. The quantitative estimate of drug-likeness (QED) is 0.669. The molecule has 0 aromatic heterocycles. The molecule has 0 aliphatic heterocycles. The maximum absolute atomic E-state index is 5.76. The molecule has 2 N–H and O–H groups in total. The van der Waals surface area contributed by atoms with E-state index in [0.29, 0.717) is 5.92 Å². The second-order valence-corrected chi connectivity index (χ2v) is 5.49. The zero-order chi connectivity index (χ0) is 11.9. The molecule has 0 saturated carbocycles. The lowest BCUT2D eigenvalue weighted by atomic mass is 9.93. The van der Waals surface area contributed by atoms with Gasteiger partial charge in [-0.3, -0.25) is 0 Å². The van der Waals surface area contributed by atoms with Gasteiger partial charge in [0.2, 0.25) is 0 Å². The van der Waals surface area contributed by atoms with Gasteiger partial charge in [-0.05, 0) is 17.9 Å². The van der Waals surface area contributed by atoms with Crippen molar-refractivity contribution in [1.29, 1.82) is 0 Å². The second kappa shape index (κ2) is 7.20. The van der Waals surface area contributed by atoms with E-state index in [1.54, 1.807) is 7.11 Å². The SMILES string of the molecule is COCCN(CC(C)C)CC(C)(C)CN. The summed E-state index contributed by atoms with van der Waals surface area (Å²) >= 11 is 0. The Labute approximate surface area is 95.0 Å². The van der Waals surface area contributed by atoms with Crippen molar-refractivity contribution >= 4 is 0 Å². The fourth-order valence-electron chi connectivity index (χ4n) is 1.64. The van der Waals surface area contributed by atoms with Gasteiger partial charge in [0.05, 0.1) is 6.61 Å². The van der Waals surface area contributed by atoms with Gasteiger partial charge in [-0.15, -0.1) is 0 Å². The molecule has 0 aliphatic rings. The third-order valence-electron chi connectivity index (χ3n) is 2.44. The van der Waals surface area contributed by atoms with E-state index in [1.165, 1.54) is 0 Å². The number of nitrogens with two attached hydrogens (primary N) is 1. The molecule has 0 radical (unpaired) electrons. The van der Waals surface area contributed by atoms with E-state index in [1.807, 2.05) is 0 Å². The summed E-state index contributed by atoms with van der Waals surface area (Å²) in [4.78, 5) is 2.45. The van der Waals surface area contributed by atoms with Crippen LogP contribution in [0.2, 0.25) is 0 Å². The highest BCUT2D eigenvalue weighted by molar-refractivity contribution is 4.75. The molecule has 0 saturated heterocycles. The van der Waals surface area contributed by atoms with Crippen LogP contribution in [0.4, 0.5) is 0 Å². The number of nitrogens with zero attached hydrogens (tertiary/aromatic N) is 1. The predicted octanol–water partition coefficient (Wildman–Crippen LogP) is 1.58. The molecule has 3 nitrogen and oxygen atoms in total. The van der Waals surface area contributed by atoms with Gasteiger partial charge in [-0.2, -0.15) is 0 Å². The Morgan fingerprint density at radius 3 is 2.33 bits per heavy atom. The van der Waals surface area contributed by atoms with Crippen LogP contribution in [-0.2, 0) is 4.74 Å². The Kier molecular flexibility index (Phi) is 7.14. The Hall–Kier alpha value is -0.120. The minimum absolute atomic E-state index is 0.197. The second-order valence-electron chi connectivity index (χ2n) is 5.49. The van der Waals surface area contributed by atoms with E-state index >= 15 is 0 Å². The standard InChI is InChI=1S/C12H28N2O/c1-11(2)8-14(6-7-15-5)10-12(3,4)9-13/h11H,6-10,13H2,1-5H3. The van der Waals surface area contributed by atoms with Crippen molar-refractivity contribution in [3.05, 3.63) is 0 Å². The van der Waals surface area contributed by atoms with Crippen LogP contribution in [0.3, 0.4) is 0 Å². The Balaban J connectivity index is 4.10. The zero-order valence-electron chi connectivity index (χ0n) is 11.0. The maximum atomic E-state index is 5.76. The zero-order valence-corrected chi connectivity index (χ0v) is 11.0. The predicted molar refractivity (Wildman–Crippen MR) is 66.0 cm³/mol. The Bertz CT molecular complexity index is 158. The first-order valence-corrected chi connectivity index (χ1v) is 5.82. The van der Waals surface area contributed by atoms with E-state index in [0.717, 1.165) is 32.8 Å². The normalized spacial score (nSPS) is 12.8.